The van der Waals surface area contributed by atoms with Gasteiger partial charge in [0.05, 0.1) is 29.0 Å². The van der Waals surface area contributed by atoms with Crippen molar-refractivity contribution in [3.8, 4) is 12.1 Å². The Morgan fingerprint density at radius 1 is 1.07 bits per heavy atom. The molecule has 0 radical (unpaired) electrons. The molecule has 27 heavy (non-hydrogen) atoms. The third-order valence-corrected chi connectivity index (χ3v) is 4.46. The van der Waals surface area contributed by atoms with Gasteiger partial charge in [0.25, 0.3) is 0 Å². The van der Waals surface area contributed by atoms with Crippen molar-refractivity contribution in [3.63, 3.8) is 0 Å². The predicted octanol–water partition coefficient (Wildman–Crippen LogP) is 2.33. The Labute approximate surface area is 158 Å². The van der Waals surface area contributed by atoms with Crippen molar-refractivity contribution in [3.05, 3.63) is 53.2 Å². The number of nitrogens with zero attached hydrogens (tertiary/aromatic N) is 5. The summed E-state index contributed by atoms with van der Waals surface area (Å²) < 4.78 is 4.97. The zero-order valence-corrected chi connectivity index (χ0v) is 15.1. The second kappa shape index (κ2) is 8.20. The standard InChI is InChI=1S/C20H19N5O2/c1-2-27-20(26)17-6-7-18(23-14-17)24-8-10-25(11-9-24)19-15(12-21)4-3-5-16(19)13-22/h3-7,14H,2,8-11H2,1H3. The fourth-order valence-corrected chi connectivity index (χ4v) is 3.13. The molecule has 1 aliphatic heterocycles. The van der Waals surface area contributed by atoms with E-state index in [0.29, 0.717) is 55.2 Å². The lowest BCUT2D eigenvalue weighted by atomic mass is 10.1. The number of nitriles is 2. The predicted molar refractivity (Wildman–Crippen MR) is 100 cm³/mol. The Hall–Kier alpha value is -3.58. The molecule has 0 bridgehead atoms. The number of rotatable bonds is 4. The zero-order chi connectivity index (χ0) is 19.2. The maximum absolute atomic E-state index is 11.7. The number of benzene rings is 1. The third-order valence-electron chi connectivity index (χ3n) is 4.46. The highest BCUT2D eigenvalue weighted by molar-refractivity contribution is 5.89. The lowest BCUT2D eigenvalue weighted by Gasteiger charge is -2.37. The Bertz CT molecular complexity index is 871. The Morgan fingerprint density at radius 3 is 2.22 bits per heavy atom. The molecule has 0 atom stereocenters. The van der Waals surface area contributed by atoms with Crippen molar-refractivity contribution in [1.82, 2.24) is 4.98 Å². The average Bonchev–Trinajstić information content (AvgIpc) is 2.73. The number of ether oxygens (including phenoxy) is 1. The van der Waals surface area contributed by atoms with E-state index >= 15 is 0 Å². The van der Waals surface area contributed by atoms with Crippen LogP contribution in [0.15, 0.2) is 36.5 Å². The molecule has 1 aliphatic rings. The van der Waals surface area contributed by atoms with Gasteiger partial charge < -0.3 is 14.5 Å². The summed E-state index contributed by atoms with van der Waals surface area (Å²) in [4.78, 5) is 20.3. The molecule has 2 aromatic rings. The molecule has 2 heterocycles. The maximum Gasteiger partial charge on any atom is 0.339 e. The smallest absolute Gasteiger partial charge is 0.339 e. The summed E-state index contributed by atoms with van der Waals surface area (Å²) in [6.07, 6.45) is 1.53. The molecule has 0 spiro atoms. The molecule has 1 fully saturated rings. The van der Waals surface area contributed by atoms with Gasteiger partial charge in [-0.2, -0.15) is 10.5 Å². The van der Waals surface area contributed by atoms with Crippen LogP contribution in [0.25, 0.3) is 0 Å². The van der Waals surface area contributed by atoms with Crippen LogP contribution in [0.2, 0.25) is 0 Å². The van der Waals surface area contributed by atoms with Gasteiger partial charge >= 0.3 is 5.97 Å². The van der Waals surface area contributed by atoms with Crippen molar-refractivity contribution >= 4 is 17.5 Å². The third kappa shape index (κ3) is 3.83. The van der Waals surface area contributed by atoms with Gasteiger partial charge in [-0.3, -0.25) is 0 Å². The minimum absolute atomic E-state index is 0.331. The van der Waals surface area contributed by atoms with Gasteiger partial charge in [-0.05, 0) is 31.2 Å². The van der Waals surface area contributed by atoms with E-state index in [2.05, 4.69) is 26.9 Å². The number of hydrogen-bond donors (Lipinski definition) is 0. The van der Waals surface area contributed by atoms with Gasteiger partial charge in [-0.25, -0.2) is 9.78 Å². The van der Waals surface area contributed by atoms with Crippen LogP contribution in [-0.2, 0) is 4.74 Å². The van der Waals surface area contributed by atoms with Gasteiger partial charge in [0, 0.05) is 32.4 Å². The Morgan fingerprint density at radius 2 is 1.70 bits per heavy atom. The van der Waals surface area contributed by atoms with E-state index in [-0.39, 0.29) is 5.97 Å². The first-order chi connectivity index (χ1) is 13.2. The van der Waals surface area contributed by atoms with Crippen molar-refractivity contribution in [2.24, 2.45) is 0 Å². The highest BCUT2D eigenvalue weighted by atomic mass is 16.5. The molecular weight excluding hydrogens is 342 g/mol. The van der Waals surface area contributed by atoms with Crippen molar-refractivity contribution in [1.29, 1.82) is 10.5 Å². The number of piperazine rings is 1. The number of para-hydroxylation sites is 1. The molecule has 136 valence electrons. The number of esters is 1. The average molecular weight is 361 g/mol. The zero-order valence-electron chi connectivity index (χ0n) is 15.1. The minimum Gasteiger partial charge on any atom is -0.462 e. The van der Waals surface area contributed by atoms with Gasteiger partial charge in [0.2, 0.25) is 0 Å². The highest BCUT2D eigenvalue weighted by Gasteiger charge is 2.22. The molecular formula is C20H19N5O2. The molecule has 0 aliphatic carbocycles. The van der Waals surface area contributed by atoms with Crippen LogP contribution >= 0.6 is 0 Å². The Balaban J connectivity index is 1.71. The summed E-state index contributed by atoms with van der Waals surface area (Å²) in [6, 6.07) is 13.1. The molecule has 7 nitrogen and oxygen atoms in total. The molecule has 0 amide bonds. The van der Waals surface area contributed by atoms with Crippen LogP contribution in [0.4, 0.5) is 11.5 Å². The summed E-state index contributed by atoms with van der Waals surface area (Å²) in [7, 11) is 0. The van der Waals surface area contributed by atoms with Crippen molar-refractivity contribution < 1.29 is 9.53 Å². The number of anilines is 2. The van der Waals surface area contributed by atoms with Crippen LogP contribution < -0.4 is 9.80 Å². The van der Waals surface area contributed by atoms with Gasteiger partial charge in [-0.1, -0.05) is 6.07 Å². The van der Waals surface area contributed by atoms with Crippen LogP contribution in [0.5, 0.6) is 0 Å². The number of aromatic nitrogens is 1. The molecule has 7 heteroatoms. The van der Waals surface area contributed by atoms with E-state index in [4.69, 9.17) is 4.74 Å². The highest BCUT2D eigenvalue weighted by Crippen LogP contribution is 2.26. The van der Waals surface area contributed by atoms with Crippen LogP contribution in [-0.4, -0.2) is 43.7 Å². The lowest BCUT2D eigenvalue weighted by Crippen LogP contribution is -2.47. The number of hydrogen-bond acceptors (Lipinski definition) is 7. The van der Waals surface area contributed by atoms with E-state index in [1.807, 2.05) is 6.07 Å². The molecule has 0 saturated carbocycles. The molecule has 1 aromatic carbocycles. The van der Waals surface area contributed by atoms with E-state index in [9.17, 15) is 15.3 Å². The molecule has 0 unspecified atom stereocenters. The SMILES string of the molecule is CCOC(=O)c1ccc(N2CCN(c3c(C#N)cccc3C#N)CC2)nc1. The quantitative estimate of drug-likeness (QED) is 0.772. The summed E-state index contributed by atoms with van der Waals surface area (Å²) in [5, 5.41) is 18.7. The van der Waals surface area contributed by atoms with E-state index < -0.39 is 0 Å². The van der Waals surface area contributed by atoms with Gasteiger partial charge in [0.1, 0.15) is 18.0 Å². The van der Waals surface area contributed by atoms with Crippen LogP contribution in [0.3, 0.4) is 0 Å². The van der Waals surface area contributed by atoms with E-state index in [0.717, 1.165) is 5.82 Å². The topological polar surface area (TPSA) is 93.2 Å². The monoisotopic (exact) mass is 361 g/mol. The number of carbonyl (C=O) groups is 1. The largest absolute Gasteiger partial charge is 0.462 e. The van der Waals surface area contributed by atoms with Crippen LogP contribution in [0.1, 0.15) is 28.4 Å². The van der Waals surface area contributed by atoms with E-state index in [1.54, 1.807) is 31.2 Å². The lowest BCUT2D eigenvalue weighted by molar-refractivity contribution is 0.0526. The first-order valence-corrected chi connectivity index (χ1v) is 8.74. The van der Waals surface area contributed by atoms with Gasteiger partial charge in [-0.15, -0.1) is 0 Å². The molecule has 1 aromatic heterocycles. The summed E-state index contributed by atoms with van der Waals surface area (Å²) >= 11 is 0. The van der Waals surface area contributed by atoms with Gasteiger partial charge in [0.15, 0.2) is 0 Å². The molecule has 0 N–H and O–H groups in total. The van der Waals surface area contributed by atoms with Crippen LogP contribution in [0, 0.1) is 22.7 Å². The summed E-state index contributed by atoms with van der Waals surface area (Å²) in [5.74, 6) is 0.412. The second-order valence-electron chi connectivity index (χ2n) is 6.02. The van der Waals surface area contributed by atoms with E-state index in [1.165, 1.54) is 6.20 Å². The minimum atomic E-state index is -0.376. The first kappa shape index (κ1) is 18.2. The van der Waals surface area contributed by atoms with Crippen molar-refractivity contribution in [2.75, 3.05) is 42.6 Å². The normalized spacial score (nSPS) is 13.6. The number of pyridine rings is 1. The molecule has 3 rings (SSSR count). The maximum atomic E-state index is 11.7. The Kier molecular flexibility index (Phi) is 5.53. The second-order valence-corrected chi connectivity index (χ2v) is 6.02. The number of carbonyl (C=O) groups excluding carboxylic acids is 1. The summed E-state index contributed by atoms with van der Waals surface area (Å²) in [5.41, 5.74) is 2.16. The first-order valence-electron chi connectivity index (χ1n) is 8.74. The van der Waals surface area contributed by atoms with Crippen molar-refractivity contribution in [2.45, 2.75) is 6.92 Å². The summed E-state index contributed by atoms with van der Waals surface area (Å²) in [6.45, 7) is 4.86. The fourth-order valence-electron chi connectivity index (χ4n) is 3.13. The molecule has 1 saturated heterocycles. The fraction of sp³-hybridized carbons (Fsp3) is 0.300.